The number of nitrogens with zero attached hydrogens (tertiary/aromatic N) is 1. The first-order valence-corrected chi connectivity index (χ1v) is 7.33. The first-order chi connectivity index (χ1) is 9.46. The van der Waals surface area contributed by atoms with E-state index in [2.05, 4.69) is 10.2 Å². The summed E-state index contributed by atoms with van der Waals surface area (Å²) in [6.07, 6.45) is 2.40. The van der Waals surface area contributed by atoms with Gasteiger partial charge in [-0.2, -0.15) is 4.39 Å². The predicted octanol–water partition coefficient (Wildman–Crippen LogP) is 2.95. The fourth-order valence-corrected chi connectivity index (χ4v) is 2.58. The summed E-state index contributed by atoms with van der Waals surface area (Å²) in [5.74, 6) is -1.05. The van der Waals surface area contributed by atoms with Crippen molar-refractivity contribution in [2.75, 3.05) is 20.1 Å². The summed E-state index contributed by atoms with van der Waals surface area (Å²) < 4.78 is 18.6. The van der Waals surface area contributed by atoms with E-state index in [9.17, 15) is 4.39 Å². The van der Waals surface area contributed by atoms with E-state index in [1.165, 1.54) is 32.3 Å². The zero-order valence-electron chi connectivity index (χ0n) is 12.7. The van der Waals surface area contributed by atoms with Crippen LogP contribution in [0, 0.1) is 0 Å². The Bertz CT molecular complexity index is 405. The minimum Gasteiger partial charge on any atom is -0.459 e. The van der Waals surface area contributed by atoms with Crippen LogP contribution < -0.4 is 10.1 Å². The quantitative estimate of drug-likeness (QED) is 0.897. The smallest absolute Gasteiger partial charge is 0.242 e. The van der Waals surface area contributed by atoms with Crippen LogP contribution in [0.15, 0.2) is 24.3 Å². The van der Waals surface area contributed by atoms with Crippen molar-refractivity contribution in [1.29, 1.82) is 0 Å². The summed E-state index contributed by atoms with van der Waals surface area (Å²) in [5.41, 5.74) is 1.25. The molecule has 1 heterocycles. The van der Waals surface area contributed by atoms with Gasteiger partial charge in [-0.1, -0.05) is 12.1 Å². The Labute approximate surface area is 121 Å². The summed E-state index contributed by atoms with van der Waals surface area (Å²) in [6, 6.07) is 8.39. The summed E-state index contributed by atoms with van der Waals surface area (Å²) in [6.45, 7) is 6.03. The monoisotopic (exact) mass is 280 g/mol. The average molecular weight is 280 g/mol. The molecule has 1 N–H and O–H groups in total. The molecule has 0 amide bonds. The number of halogens is 1. The van der Waals surface area contributed by atoms with Crippen LogP contribution in [0.2, 0.25) is 0 Å². The Morgan fingerprint density at radius 3 is 2.35 bits per heavy atom. The molecule has 0 saturated carbocycles. The fraction of sp³-hybridized carbons (Fsp3) is 0.625. The second-order valence-electron chi connectivity index (χ2n) is 5.95. The number of piperidine rings is 1. The SMILES string of the molecule is CNC1CCN(Cc2ccc(OC(C)(C)F)cc2)CC1. The lowest BCUT2D eigenvalue weighted by Gasteiger charge is -2.31. The highest BCUT2D eigenvalue weighted by Crippen LogP contribution is 2.21. The highest BCUT2D eigenvalue weighted by atomic mass is 19.2. The van der Waals surface area contributed by atoms with Gasteiger partial charge in [-0.15, -0.1) is 0 Å². The Morgan fingerprint density at radius 1 is 1.25 bits per heavy atom. The molecule has 1 saturated heterocycles. The van der Waals surface area contributed by atoms with Crippen LogP contribution in [0.25, 0.3) is 0 Å². The maximum atomic E-state index is 13.4. The van der Waals surface area contributed by atoms with E-state index < -0.39 is 5.85 Å². The number of hydrogen-bond acceptors (Lipinski definition) is 3. The molecule has 1 aliphatic rings. The molecule has 20 heavy (non-hydrogen) atoms. The van der Waals surface area contributed by atoms with E-state index in [1.807, 2.05) is 31.3 Å². The Morgan fingerprint density at radius 2 is 1.85 bits per heavy atom. The summed E-state index contributed by atoms with van der Waals surface area (Å²) in [4.78, 5) is 2.46. The van der Waals surface area contributed by atoms with Crippen molar-refractivity contribution in [1.82, 2.24) is 10.2 Å². The van der Waals surface area contributed by atoms with Crippen LogP contribution in [-0.4, -0.2) is 36.9 Å². The van der Waals surface area contributed by atoms with Gasteiger partial charge in [0.05, 0.1) is 0 Å². The third kappa shape index (κ3) is 4.76. The predicted molar refractivity (Wildman–Crippen MR) is 79.6 cm³/mol. The lowest BCUT2D eigenvalue weighted by atomic mass is 10.0. The second kappa shape index (κ2) is 6.55. The van der Waals surface area contributed by atoms with Gasteiger partial charge in [-0.3, -0.25) is 4.90 Å². The summed E-state index contributed by atoms with van der Waals surface area (Å²) in [7, 11) is 2.03. The van der Waals surface area contributed by atoms with Gasteiger partial charge in [0, 0.05) is 26.4 Å². The molecule has 0 unspecified atom stereocenters. The number of alkyl halides is 1. The molecule has 0 bridgehead atoms. The second-order valence-corrected chi connectivity index (χ2v) is 5.95. The minimum atomic E-state index is -1.63. The Balaban J connectivity index is 1.85. The largest absolute Gasteiger partial charge is 0.459 e. The lowest BCUT2D eigenvalue weighted by molar-refractivity contribution is -0.0257. The highest BCUT2D eigenvalue weighted by molar-refractivity contribution is 5.27. The standard InChI is InChI=1S/C16H25FN2O/c1-16(2,17)20-15-6-4-13(5-7-15)12-19-10-8-14(18-3)9-11-19/h4-7,14,18H,8-12H2,1-3H3. The maximum absolute atomic E-state index is 13.4. The van der Waals surface area contributed by atoms with Crippen LogP contribution >= 0.6 is 0 Å². The molecule has 1 aliphatic heterocycles. The molecule has 4 heteroatoms. The summed E-state index contributed by atoms with van der Waals surface area (Å²) >= 11 is 0. The van der Waals surface area contributed by atoms with Crippen molar-refractivity contribution in [3.8, 4) is 5.75 Å². The third-order valence-corrected chi connectivity index (χ3v) is 3.69. The maximum Gasteiger partial charge on any atom is 0.242 e. The normalized spacial score (nSPS) is 18.2. The van der Waals surface area contributed by atoms with Crippen LogP contribution in [-0.2, 0) is 6.54 Å². The molecular formula is C16H25FN2O. The van der Waals surface area contributed by atoms with E-state index in [0.717, 1.165) is 19.6 Å². The van der Waals surface area contributed by atoms with E-state index in [1.54, 1.807) is 0 Å². The molecule has 1 fully saturated rings. The van der Waals surface area contributed by atoms with Gasteiger partial charge in [-0.05, 0) is 50.7 Å². The Hall–Kier alpha value is -1.13. The minimum absolute atomic E-state index is 0.579. The molecular weight excluding hydrogens is 255 g/mol. The summed E-state index contributed by atoms with van der Waals surface area (Å²) in [5, 5.41) is 3.34. The zero-order valence-corrected chi connectivity index (χ0v) is 12.7. The molecule has 1 aromatic carbocycles. The van der Waals surface area contributed by atoms with Gasteiger partial charge in [0.25, 0.3) is 0 Å². The molecule has 0 aromatic heterocycles. The van der Waals surface area contributed by atoms with Crippen LogP contribution in [0.5, 0.6) is 5.75 Å². The molecule has 0 aliphatic carbocycles. The third-order valence-electron chi connectivity index (χ3n) is 3.69. The first kappa shape index (κ1) is 15.3. The molecule has 112 valence electrons. The number of nitrogens with one attached hydrogen (secondary N) is 1. The lowest BCUT2D eigenvalue weighted by Crippen LogP contribution is -2.40. The van der Waals surface area contributed by atoms with Gasteiger partial charge >= 0.3 is 0 Å². The van der Waals surface area contributed by atoms with Gasteiger partial charge in [-0.25, -0.2) is 0 Å². The van der Waals surface area contributed by atoms with E-state index in [4.69, 9.17) is 4.74 Å². The molecule has 0 spiro atoms. The van der Waals surface area contributed by atoms with Gasteiger partial charge in [0.1, 0.15) is 5.75 Å². The first-order valence-electron chi connectivity index (χ1n) is 7.33. The van der Waals surface area contributed by atoms with Crippen molar-refractivity contribution < 1.29 is 9.13 Å². The van der Waals surface area contributed by atoms with Gasteiger partial charge in [0.15, 0.2) is 0 Å². The molecule has 3 nitrogen and oxygen atoms in total. The molecule has 1 aromatic rings. The Kier molecular flexibility index (Phi) is 5.00. The van der Waals surface area contributed by atoms with Crippen molar-refractivity contribution in [3.05, 3.63) is 29.8 Å². The van der Waals surface area contributed by atoms with Crippen molar-refractivity contribution in [3.63, 3.8) is 0 Å². The van der Waals surface area contributed by atoms with Crippen LogP contribution in [0.3, 0.4) is 0 Å². The number of rotatable bonds is 5. The number of likely N-dealkylation sites (tertiary alicyclic amines) is 1. The number of benzene rings is 1. The van der Waals surface area contributed by atoms with E-state index in [-0.39, 0.29) is 0 Å². The van der Waals surface area contributed by atoms with Crippen molar-refractivity contribution in [2.45, 2.75) is 45.1 Å². The van der Waals surface area contributed by atoms with E-state index >= 15 is 0 Å². The van der Waals surface area contributed by atoms with Gasteiger partial charge < -0.3 is 10.1 Å². The molecule has 0 atom stereocenters. The van der Waals surface area contributed by atoms with Crippen molar-refractivity contribution >= 4 is 0 Å². The van der Waals surface area contributed by atoms with Gasteiger partial charge in [0.2, 0.25) is 5.85 Å². The molecule has 0 radical (unpaired) electrons. The van der Waals surface area contributed by atoms with E-state index in [0.29, 0.717) is 11.8 Å². The van der Waals surface area contributed by atoms with Crippen molar-refractivity contribution in [2.24, 2.45) is 0 Å². The number of hydrogen-bond donors (Lipinski definition) is 1. The van der Waals surface area contributed by atoms with Crippen LogP contribution in [0.1, 0.15) is 32.3 Å². The average Bonchev–Trinajstić information content (AvgIpc) is 2.40. The fourth-order valence-electron chi connectivity index (χ4n) is 2.58. The highest BCUT2D eigenvalue weighted by Gasteiger charge is 2.18. The number of ether oxygens (including phenoxy) is 1. The van der Waals surface area contributed by atoms with Crippen LogP contribution in [0.4, 0.5) is 4.39 Å². The zero-order chi connectivity index (χ0) is 14.6. The topological polar surface area (TPSA) is 24.5 Å². The molecule has 2 rings (SSSR count).